The van der Waals surface area contributed by atoms with E-state index in [1.165, 1.54) is 21.4 Å². The van der Waals surface area contributed by atoms with Crippen LogP contribution in [-0.4, -0.2) is 9.13 Å². The monoisotopic (exact) mass is 244 g/mol. The van der Waals surface area contributed by atoms with E-state index in [1.54, 1.807) is 0 Å². The molecule has 4 nitrogen and oxygen atoms in total. The van der Waals surface area contributed by atoms with E-state index < -0.39 is 0 Å². The molecule has 18 heavy (non-hydrogen) atoms. The Morgan fingerprint density at radius 1 is 1.06 bits per heavy atom. The SMILES string of the molecule is CCn1ccc(=O)n(Cc2ccc(C)cc2)c1=O. The molecule has 0 unspecified atom stereocenters. The smallest absolute Gasteiger partial charge is 0.301 e. The highest BCUT2D eigenvalue weighted by Crippen LogP contribution is 2.03. The van der Waals surface area contributed by atoms with Crippen molar-refractivity contribution in [3.05, 3.63) is 68.5 Å². The van der Waals surface area contributed by atoms with Crippen LogP contribution in [0.3, 0.4) is 0 Å². The van der Waals surface area contributed by atoms with E-state index in [0.29, 0.717) is 13.1 Å². The molecule has 1 aromatic heterocycles. The first-order valence-electron chi connectivity index (χ1n) is 5.97. The van der Waals surface area contributed by atoms with Gasteiger partial charge in [0.05, 0.1) is 6.54 Å². The fraction of sp³-hybridized carbons (Fsp3) is 0.286. The van der Waals surface area contributed by atoms with Crippen molar-refractivity contribution in [2.24, 2.45) is 0 Å². The second kappa shape index (κ2) is 5.04. The summed E-state index contributed by atoms with van der Waals surface area (Å²) in [5.41, 5.74) is 1.59. The zero-order valence-corrected chi connectivity index (χ0v) is 10.6. The molecule has 0 saturated carbocycles. The standard InChI is InChI=1S/C14H16N2O2/c1-3-15-9-8-13(17)16(14(15)18)10-12-6-4-11(2)5-7-12/h4-9H,3,10H2,1-2H3. The van der Waals surface area contributed by atoms with Gasteiger partial charge >= 0.3 is 5.69 Å². The minimum absolute atomic E-state index is 0.259. The summed E-state index contributed by atoms with van der Waals surface area (Å²) < 4.78 is 2.78. The van der Waals surface area contributed by atoms with Gasteiger partial charge in [0, 0.05) is 18.8 Å². The van der Waals surface area contributed by atoms with Crippen molar-refractivity contribution < 1.29 is 0 Å². The minimum atomic E-state index is -0.259. The summed E-state index contributed by atoms with van der Waals surface area (Å²) >= 11 is 0. The zero-order valence-electron chi connectivity index (χ0n) is 10.6. The maximum absolute atomic E-state index is 12.0. The van der Waals surface area contributed by atoms with Crippen molar-refractivity contribution in [2.45, 2.75) is 26.9 Å². The third kappa shape index (κ3) is 2.42. The first kappa shape index (κ1) is 12.4. The van der Waals surface area contributed by atoms with Crippen LogP contribution >= 0.6 is 0 Å². The van der Waals surface area contributed by atoms with E-state index >= 15 is 0 Å². The number of aryl methyl sites for hydroxylation is 2. The molecule has 0 atom stereocenters. The Morgan fingerprint density at radius 2 is 1.72 bits per heavy atom. The molecule has 0 radical (unpaired) electrons. The average Bonchev–Trinajstić information content (AvgIpc) is 2.37. The van der Waals surface area contributed by atoms with E-state index in [1.807, 2.05) is 38.1 Å². The molecule has 0 spiro atoms. The third-order valence-electron chi connectivity index (χ3n) is 2.94. The van der Waals surface area contributed by atoms with Crippen LogP contribution in [0.4, 0.5) is 0 Å². The van der Waals surface area contributed by atoms with Crippen molar-refractivity contribution in [1.29, 1.82) is 0 Å². The van der Waals surface area contributed by atoms with Gasteiger partial charge in [0.25, 0.3) is 5.56 Å². The van der Waals surface area contributed by atoms with Gasteiger partial charge in [-0.2, -0.15) is 0 Å². The quantitative estimate of drug-likeness (QED) is 0.819. The molecule has 0 aliphatic rings. The summed E-state index contributed by atoms with van der Waals surface area (Å²) in [4.78, 5) is 23.7. The van der Waals surface area contributed by atoms with Gasteiger partial charge in [-0.25, -0.2) is 4.79 Å². The number of hydrogen-bond donors (Lipinski definition) is 0. The first-order valence-corrected chi connectivity index (χ1v) is 5.97. The highest BCUT2D eigenvalue weighted by atomic mass is 16.2. The number of hydrogen-bond acceptors (Lipinski definition) is 2. The number of nitrogens with zero attached hydrogens (tertiary/aromatic N) is 2. The van der Waals surface area contributed by atoms with Gasteiger partial charge in [-0.05, 0) is 19.4 Å². The van der Waals surface area contributed by atoms with Crippen LogP contribution in [0.25, 0.3) is 0 Å². The van der Waals surface area contributed by atoms with Gasteiger partial charge in [0.15, 0.2) is 0 Å². The Bertz CT molecular complexity index is 651. The molecule has 0 amide bonds. The van der Waals surface area contributed by atoms with Crippen molar-refractivity contribution in [3.8, 4) is 0 Å². The molecular formula is C14H16N2O2. The van der Waals surface area contributed by atoms with Crippen LogP contribution in [-0.2, 0) is 13.1 Å². The molecule has 0 fully saturated rings. The molecule has 0 bridgehead atoms. The first-order chi connectivity index (χ1) is 8.61. The molecule has 0 aliphatic carbocycles. The Labute approximate surface area is 105 Å². The summed E-state index contributed by atoms with van der Waals surface area (Å²) in [6.45, 7) is 4.76. The second-order valence-corrected chi connectivity index (χ2v) is 4.29. The van der Waals surface area contributed by atoms with E-state index in [2.05, 4.69) is 0 Å². The van der Waals surface area contributed by atoms with Gasteiger partial charge in [0.1, 0.15) is 0 Å². The summed E-state index contributed by atoms with van der Waals surface area (Å²) in [5, 5.41) is 0. The normalized spacial score (nSPS) is 10.6. The molecule has 0 N–H and O–H groups in total. The maximum atomic E-state index is 12.0. The van der Waals surface area contributed by atoms with Crippen LogP contribution in [0, 0.1) is 6.92 Å². The van der Waals surface area contributed by atoms with Crippen molar-refractivity contribution in [1.82, 2.24) is 9.13 Å². The molecular weight excluding hydrogens is 228 g/mol. The van der Waals surface area contributed by atoms with Crippen LogP contribution in [0.5, 0.6) is 0 Å². The Balaban J connectivity index is 2.43. The predicted molar refractivity (Wildman–Crippen MR) is 70.9 cm³/mol. The van der Waals surface area contributed by atoms with E-state index in [-0.39, 0.29) is 11.2 Å². The van der Waals surface area contributed by atoms with Crippen molar-refractivity contribution in [3.63, 3.8) is 0 Å². The summed E-state index contributed by atoms with van der Waals surface area (Å²) in [5.74, 6) is 0. The van der Waals surface area contributed by atoms with Gasteiger partial charge in [-0.15, -0.1) is 0 Å². The molecule has 2 aromatic rings. The van der Waals surface area contributed by atoms with Crippen molar-refractivity contribution >= 4 is 0 Å². The lowest BCUT2D eigenvalue weighted by Crippen LogP contribution is -2.38. The van der Waals surface area contributed by atoms with Gasteiger partial charge in [0.2, 0.25) is 0 Å². The van der Waals surface area contributed by atoms with E-state index in [9.17, 15) is 9.59 Å². The number of rotatable bonds is 3. The fourth-order valence-electron chi connectivity index (χ4n) is 1.82. The molecule has 0 aliphatic heterocycles. The molecule has 4 heteroatoms. The third-order valence-corrected chi connectivity index (χ3v) is 2.94. The van der Waals surface area contributed by atoms with Gasteiger partial charge < -0.3 is 4.57 Å². The maximum Gasteiger partial charge on any atom is 0.331 e. The Morgan fingerprint density at radius 3 is 2.33 bits per heavy atom. The largest absolute Gasteiger partial charge is 0.331 e. The summed E-state index contributed by atoms with van der Waals surface area (Å²) in [7, 11) is 0. The lowest BCUT2D eigenvalue weighted by atomic mass is 10.1. The predicted octanol–water partition coefficient (Wildman–Crippen LogP) is 1.39. The fourth-order valence-corrected chi connectivity index (χ4v) is 1.82. The summed E-state index contributed by atoms with van der Waals surface area (Å²) in [6.07, 6.45) is 1.54. The Kier molecular flexibility index (Phi) is 3.46. The van der Waals surface area contributed by atoms with Crippen LogP contribution in [0.15, 0.2) is 46.1 Å². The second-order valence-electron chi connectivity index (χ2n) is 4.29. The molecule has 0 saturated heterocycles. The van der Waals surface area contributed by atoms with Gasteiger partial charge in [-0.3, -0.25) is 9.36 Å². The average molecular weight is 244 g/mol. The zero-order chi connectivity index (χ0) is 13.1. The number of benzene rings is 1. The van der Waals surface area contributed by atoms with E-state index in [0.717, 1.165) is 11.1 Å². The van der Waals surface area contributed by atoms with Crippen molar-refractivity contribution in [2.75, 3.05) is 0 Å². The highest BCUT2D eigenvalue weighted by molar-refractivity contribution is 5.21. The molecule has 2 rings (SSSR count). The molecule has 1 heterocycles. The van der Waals surface area contributed by atoms with Crippen LogP contribution < -0.4 is 11.2 Å². The molecule has 94 valence electrons. The lowest BCUT2D eigenvalue weighted by molar-refractivity contribution is 0.600. The lowest BCUT2D eigenvalue weighted by Gasteiger charge is -2.08. The summed E-state index contributed by atoms with van der Waals surface area (Å²) in [6, 6.07) is 9.25. The minimum Gasteiger partial charge on any atom is -0.301 e. The van der Waals surface area contributed by atoms with E-state index in [4.69, 9.17) is 0 Å². The van der Waals surface area contributed by atoms with Crippen LogP contribution in [0.1, 0.15) is 18.1 Å². The highest BCUT2D eigenvalue weighted by Gasteiger charge is 2.04. The van der Waals surface area contributed by atoms with Gasteiger partial charge in [-0.1, -0.05) is 29.8 Å². The molecule has 1 aromatic carbocycles. The number of aromatic nitrogens is 2. The Hall–Kier alpha value is -2.10. The van der Waals surface area contributed by atoms with Crippen LogP contribution in [0.2, 0.25) is 0 Å². The topological polar surface area (TPSA) is 44.0 Å².